The number of nitrogens with zero attached hydrogens (tertiary/aromatic N) is 2. The lowest BCUT2D eigenvalue weighted by molar-refractivity contribution is -0.151. The molecule has 8 heteroatoms. The van der Waals surface area contributed by atoms with Crippen molar-refractivity contribution in [3.63, 3.8) is 0 Å². The number of carboxylic acids is 1. The third kappa shape index (κ3) is 3.54. The Bertz CT molecular complexity index is 697. The molecule has 3 rings (SSSR count). The molecule has 0 aromatic rings. The summed E-state index contributed by atoms with van der Waals surface area (Å²) in [5, 5.41) is 18.9. The van der Waals surface area contributed by atoms with Crippen LogP contribution in [-0.4, -0.2) is 81.3 Å². The number of aliphatic hydroxyl groups excluding tert-OH is 1. The largest absolute Gasteiger partial charge is 0.481 e. The summed E-state index contributed by atoms with van der Waals surface area (Å²) >= 11 is 0. The van der Waals surface area contributed by atoms with Crippen LogP contribution in [0.5, 0.6) is 0 Å². The predicted octanol–water partition coefficient (Wildman–Crippen LogP) is 1.42. The zero-order valence-corrected chi connectivity index (χ0v) is 18.0. The molecule has 2 amide bonds. The quantitative estimate of drug-likeness (QED) is 0.385. The molecule has 8 nitrogen and oxygen atoms in total. The van der Waals surface area contributed by atoms with Crippen molar-refractivity contribution < 1.29 is 29.3 Å². The topological polar surface area (TPSA) is 107 Å². The SMILES string of the molecule is C=CCN(C(=O)[C@H]1N(CCCCO)C(=O)[C@@H]2[C@@H](C(=O)O)[C@H]3CC[C@]21O3)C(C)CCC. The first-order valence-corrected chi connectivity index (χ1v) is 11.1. The van der Waals surface area contributed by atoms with E-state index in [2.05, 4.69) is 13.5 Å². The summed E-state index contributed by atoms with van der Waals surface area (Å²) in [6, 6.07) is -0.860. The van der Waals surface area contributed by atoms with Crippen LogP contribution >= 0.6 is 0 Å². The molecule has 0 saturated carbocycles. The van der Waals surface area contributed by atoms with Crippen LogP contribution in [0.15, 0.2) is 12.7 Å². The van der Waals surface area contributed by atoms with Crippen molar-refractivity contribution >= 4 is 17.8 Å². The fraction of sp³-hybridized carbons (Fsp3) is 0.773. The third-order valence-electron chi connectivity index (χ3n) is 6.97. The first kappa shape index (κ1) is 22.7. The van der Waals surface area contributed by atoms with E-state index in [4.69, 9.17) is 9.84 Å². The van der Waals surface area contributed by atoms with Crippen molar-refractivity contribution in [2.75, 3.05) is 19.7 Å². The molecule has 6 atom stereocenters. The number of carbonyl (C=O) groups is 3. The Labute approximate surface area is 177 Å². The van der Waals surface area contributed by atoms with Gasteiger partial charge in [0.15, 0.2) is 0 Å². The molecule has 0 aliphatic carbocycles. The number of fused-ring (bicyclic) bond motifs is 1. The number of hydrogen-bond donors (Lipinski definition) is 2. The van der Waals surface area contributed by atoms with Crippen LogP contribution in [0.1, 0.15) is 52.4 Å². The summed E-state index contributed by atoms with van der Waals surface area (Å²) in [6.45, 7) is 8.49. The molecular formula is C22H34N2O6. The molecule has 1 unspecified atom stereocenters. The molecule has 2 bridgehead atoms. The van der Waals surface area contributed by atoms with E-state index in [0.29, 0.717) is 38.8 Å². The van der Waals surface area contributed by atoms with Gasteiger partial charge >= 0.3 is 5.97 Å². The molecule has 168 valence electrons. The number of rotatable bonds is 11. The molecule has 2 N–H and O–H groups in total. The van der Waals surface area contributed by atoms with Crippen LogP contribution < -0.4 is 0 Å². The van der Waals surface area contributed by atoms with Gasteiger partial charge in [0.25, 0.3) is 0 Å². The normalized spacial score (nSPS) is 32.9. The molecule has 0 aromatic carbocycles. The van der Waals surface area contributed by atoms with E-state index in [1.807, 2.05) is 6.92 Å². The van der Waals surface area contributed by atoms with Gasteiger partial charge < -0.3 is 24.7 Å². The van der Waals surface area contributed by atoms with Gasteiger partial charge in [-0.3, -0.25) is 14.4 Å². The lowest BCUT2D eigenvalue weighted by Gasteiger charge is -2.39. The van der Waals surface area contributed by atoms with Gasteiger partial charge in [0.05, 0.1) is 17.9 Å². The third-order valence-corrected chi connectivity index (χ3v) is 6.97. The molecule has 30 heavy (non-hydrogen) atoms. The first-order chi connectivity index (χ1) is 14.3. The number of aliphatic hydroxyl groups is 1. The summed E-state index contributed by atoms with van der Waals surface area (Å²) in [6.07, 6.45) is 5.00. The fourth-order valence-electron chi connectivity index (χ4n) is 5.71. The highest BCUT2D eigenvalue weighted by Crippen LogP contribution is 2.58. The zero-order chi connectivity index (χ0) is 22.1. The Morgan fingerprint density at radius 2 is 2.17 bits per heavy atom. The summed E-state index contributed by atoms with van der Waals surface area (Å²) < 4.78 is 6.20. The summed E-state index contributed by atoms with van der Waals surface area (Å²) in [5.41, 5.74) is -1.08. The second kappa shape index (κ2) is 9.06. The van der Waals surface area contributed by atoms with E-state index < -0.39 is 35.6 Å². The Morgan fingerprint density at radius 3 is 2.77 bits per heavy atom. The highest BCUT2D eigenvalue weighted by molar-refractivity contribution is 5.98. The van der Waals surface area contributed by atoms with Gasteiger partial charge in [-0.15, -0.1) is 6.58 Å². The van der Waals surface area contributed by atoms with E-state index in [9.17, 15) is 19.5 Å². The Hall–Kier alpha value is -1.93. The van der Waals surface area contributed by atoms with Crippen molar-refractivity contribution in [1.82, 2.24) is 9.80 Å². The maximum absolute atomic E-state index is 13.8. The zero-order valence-electron chi connectivity index (χ0n) is 18.0. The van der Waals surface area contributed by atoms with Crippen LogP contribution in [0, 0.1) is 11.8 Å². The summed E-state index contributed by atoms with van der Waals surface area (Å²) in [4.78, 5) is 42.5. The van der Waals surface area contributed by atoms with Crippen molar-refractivity contribution in [1.29, 1.82) is 0 Å². The van der Waals surface area contributed by atoms with Gasteiger partial charge in [-0.05, 0) is 39.0 Å². The lowest BCUT2D eigenvalue weighted by atomic mass is 9.70. The molecule has 1 spiro atoms. The number of likely N-dealkylation sites (tertiary alicyclic amines) is 1. The predicted molar refractivity (Wildman–Crippen MR) is 110 cm³/mol. The van der Waals surface area contributed by atoms with Gasteiger partial charge in [0.2, 0.25) is 11.8 Å². The van der Waals surface area contributed by atoms with Crippen molar-refractivity contribution in [2.24, 2.45) is 11.8 Å². The highest BCUT2D eigenvalue weighted by Gasteiger charge is 2.74. The number of hydrogen-bond acceptors (Lipinski definition) is 5. The van der Waals surface area contributed by atoms with Gasteiger partial charge in [0, 0.05) is 25.7 Å². The van der Waals surface area contributed by atoms with E-state index in [0.717, 1.165) is 12.8 Å². The van der Waals surface area contributed by atoms with Gasteiger partial charge in [-0.2, -0.15) is 0 Å². The number of unbranched alkanes of at least 4 members (excludes halogenated alkanes) is 1. The molecule has 3 fully saturated rings. The number of ether oxygens (including phenoxy) is 1. The summed E-state index contributed by atoms with van der Waals surface area (Å²) in [5.74, 6) is -3.27. The van der Waals surface area contributed by atoms with Crippen LogP contribution in [0.2, 0.25) is 0 Å². The van der Waals surface area contributed by atoms with Gasteiger partial charge in [-0.25, -0.2) is 0 Å². The van der Waals surface area contributed by atoms with Crippen molar-refractivity contribution in [3.8, 4) is 0 Å². The molecule has 3 saturated heterocycles. The van der Waals surface area contributed by atoms with Gasteiger partial charge in [-0.1, -0.05) is 19.4 Å². The van der Waals surface area contributed by atoms with Crippen LogP contribution in [0.3, 0.4) is 0 Å². The Balaban J connectivity index is 1.99. The highest BCUT2D eigenvalue weighted by atomic mass is 16.5. The first-order valence-electron chi connectivity index (χ1n) is 11.1. The van der Waals surface area contributed by atoms with E-state index in [1.165, 1.54) is 4.90 Å². The molecule has 3 heterocycles. The van der Waals surface area contributed by atoms with Crippen LogP contribution in [0.4, 0.5) is 0 Å². The standard InChI is InChI=1S/C22H34N2O6/c1-4-8-14(3)23(11-5-2)20(27)18-22-10-9-15(30-22)16(21(28)29)17(22)19(26)24(18)12-6-7-13-25/h5,14-18,25H,2,4,6-13H2,1,3H3,(H,28,29)/t14?,15-,16+,17+,18-,22+/m1/s1. The smallest absolute Gasteiger partial charge is 0.310 e. The molecule has 0 radical (unpaired) electrons. The molecule has 0 aromatic heterocycles. The average molecular weight is 423 g/mol. The van der Waals surface area contributed by atoms with Crippen molar-refractivity contribution in [3.05, 3.63) is 12.7 Å². The number of aliphatic carboxylic acids is 1. The second-order valence-corrected chi connectivity index (χ2v) is 8.77. The van der Waals surface area contributed by atoms with E-state index in [1.54, 1.807) is 11.0 Å². The summed E-state index contributed by atoms with van der Waals surface area (Å²) in [7, 11) is 0. The number of amides is 2. The van der Waals surface area contributed by atoms with Crippen LogP contribution in [-0.2, 0) is 19.1 Å². The van der Waals surface area contributed by atoms with E-state index >= 15 is 0 Å². The minimum atomic E-state index is -1.08. The lowest BCUT2D eigenvalue weighted by Crippen LogP contribution is -2.57. The fourth-order valence-corrected chi connectivity index (χ4v) is 5.71. The minimum absolute atomic E-state index is 0.00165. The Morgan fingerprint density at radius 1 is 1.43 bits per heavy atom. The molecule has 3 aliphatic rings. The number of carbonyl (C=O) groups excluding carboxylic acids is 2. The van der Waals surface area contributed by atoms with Crippen LogP contribution in [0.25, 0.3) is 0 Å². The molecule has 3 aliphatic heterocycles. The maximum Gasteiger partial charge on any atom is 0.310 e. The maximum atomic E-state index is 13.8. The monoisotopic (exact) mass is 422 g/mol. The molecular weight excluding hydrogens is 388 g/mol. The number of carboxylic acid groups (broad SMARTS) is 1. The minimum Gasteiger partial charge on any atom is -0.481 e. The van der Waals surface area contributed by atoms with Crippen molar-refractivity contribution in [2.45, 2.75) is 76.2 Å². The average Bonchev–Trinajstić information content (AvgIpc) is 3.34. The second-order valence-electron chi connectivity index (χ2n) is 8.77. The Kier molecular flexibility index (Phi) is 6.87. The van der Waals surface area contributed by atoms with E-state index in [-0.39, 0.29) is 24.5 Å². The van der Waals surface area contributed by atoms with Gasteiger partial charge in [0.1, 0.15) is 11.6 Å².